The summed E-state index contributed by atoms with van der Waals surface area (Å²) in [4.78, 5) is 14.6. The number of fused-ring (bicyclic) bond motifs is 1. The highest BCUT2D eigenvalue weighted by Gasteiger charge is 2.14. The number of aryl methyl sites for hydroxylation is 2. The van der Waals surface area contributed by atoms with Crippen molar-refractivity contribution in [3.05, 3.63) is 88.6 Å². The van der Waals surface area contributed by atoms with Crippen molar-refractivity contribution in [1.29, 1.82) is 0 Å². The fourth-order valence-corrected chi connectivity index (χ4v) is 3.54. The van der Waals surface area contributed by atoms with E-state index in [0.717, 1.165) is 34.4 Å². The molecule has 0 saturated carbocycles. The van der Waals surface area contributed by atoms with Gasteiger partial charge in [0.25, 0.3) is 0 Å². The molecule has 0 spiro atoms. The molecular formula is C25H24ClNO3. The Morgan fingerprint density at radius 2 is 1.80 bits per heavy atom. The Morgan fingerprint density at radius 3 is 2.43 bits per heavy atom. The van der Waals surface area contributed by atoms with Crippen LogP contribution in [0.2, 0.25) is 5.02 Å². The molecule has 0 amide bonds. The molecule has 0 fully saturated rings. The lowest BCUT2D eigenvalue weighted by Gasteiger charge is -2.11. The first-order valence-corrected chi connectivity index (χ1v) is 10.0. The average molecular weight is 422 g/mol. The molecule has 1 aromatic heterocycles. The number of carbonyl (C=O) groups is 1. The minimum Gasteiger partial charge on any atom is -0.497 e. The third kappa shape index (κ3) is 4.84. The molecule has 1 heterocycles. The minimum absolute atomic E-state index is 0.330. The summed E-state index contributed by atoms with van der Waals surface area (Å²) in [6.45, 7) is 4.06. The van der Waals surface area contributed by atoms with Gasteiger partial charge >= 0.3 is 5.97 Å². The smallest absolute Gasteiger partial charge is 0.336 e. The molecule has 0 saturated heterocycles. The largest absolute Gasteiger partial charge is 0.497 e. The van der Waals surface area contributed by atoms with Crippen molar-refractivity contribution in [2.75, 3.05) is 7.11 Å². The normalized spacial score (nSPS) is 10.4. The summed E-state index contributed by atoms with van der Waals surface area (Å²) >= 11 is 5.86. The van der Waals surface area contributed by atoms with Gasteiger partial charge in [-0.1, -0.05) is 42.8 Å². The van der Waals surface area contributed by atoms with Crippen molar-refractivity contribution in [2.45, 2.75) is 20.3 Å². The van der Waals surface area contributed by atoms with Crippen LogP contribution in [0.4, 0.5) is 0 Å². The predicted octanol–water partition coefficient (Wildman–Crippen LogP) is 6.75. The highest BCUT2D eigenvalue weighted by Crippen LogP contribution is 2.29. The van der Waals surface area contributed by atoms with Gasteiger partial charge in [-0.15, -0.1) is 0 Å². The minimum atomic E-state index is -0.907. The van der Waals surface area contributed by atoms with E-state index < -0.39 is 5.97 Å². The van der Waals surface area contributed by atoms with E-state index in [1.54, 1.807) is 31.4 Å². The monoisotopic (exact) mass is 421 g/mol. The molecule has 30 heavy (non-hydrogen) atoms. The average Bonchev–Trinajstić information content (AvgIpc) is 3.13. The Labute approximate surface area is 181 Å². The molecule has 0 aliphatic heterocycles. The SMILES string of the molecule is CCc1cccc(C(=O)O)c1-c1ccc(Cl)cc1.COc1ccc2[nH]c(C)cc2c1. The second-order valence-corrected chi connectivity index (χ2v) is 7.35. The Balaban J connectivity index is 0.000000184. The predicted molar refractivity (Wildman–Crippen MR) is 123 cm³/mol. The zero-order chi connectivity index (χ0) is 21.7. The van der Waals surface area contributed by atoms with Gasteiger partial charge in [0.1, 0.15) is 5.75 Å². The number of aromatic nitrogens is 1. The van der Waals surface area contributed by atoms with E-state index in [2.05, 4.69) is 11.1 Å². The number of carboxylic acid groups (broad SMARTS) is 1. The van der Waals surface area contributed by atoms with Crippen molar-refractivity contribution < 1.29 is 14.6 Å². The number of hydrogen-bond donors (Lipinski definition) is 2. The van der Waals surface area contributed by atoms with Crippen LogP contribution >= 0.6 is 11.6 Å². The molecular weight excluding hydrogens is 398 g/mol. The van der Waals surface area contributed by atoms with E-state index in [1.165, 1.54) is 11.1 Å². The van der Waals surface area contributed by atoms with Gasteiger partial charge in [0.2, 0.25) is 0 Å². The van der Waals surface area contributed by atoms with Crippen LogP contribution in [0.25, 0.3) is 22.0 Å². The van der Waals surface area contributed by atoms with Crippen molar-refractivity contribution in [1.82, 2.24) is 4.98 Å². The number of halogens is 1. The molecule has 154 valence electrons. The lowest BCUT2D eigenvalue weighted by atomic mass is 9.93. The maximum atomic E-state index is 11.3. The molecule has 4 rings (SSSR count). The van der Waals surface area contributed by atoms with Crippen molar-refractivity contribution in [3.63, 3.8) is 0 Å². The van der Waals surface area contributed by atoms with Crippen LogP contribution in [0.5, 0.6) is 5.75 Å². The topological polar surface area (TPSA) is 62.3 Å². The molecule has 0 atom stereocenters. The van der Waals surface area contributed by atoms with Gasteiger partial charge in [-0.3, -0.25) is 0 Å². The number of aromatic amines is 1. The van der Waals surface area contributed by atoms with Crippen LogP contribution in [-0.2, 0) is 6.42 Å². The Morgan fingerprint density at radius 1 is 1.07 bits per heavy atom. The quantitative estimate of drug-likeness (QED) is 0.383. The fraction of sp³-hybridized carbons (Fsp3) is 0.160. The summed E-state index contributed by atoms with van der Waals surface area (Å²) in [5.74, 6) is -0.00301. The van der Waals surface area contributed by atoms with E-state index in [-0.39, 0.29) is 0 Å². The zero-order valence-corrected chi connectivity index (χ0v) is 18.0. The van der Waals surface area contributed by atoms with Gasteiger partial charge < -0.3 is 14.8 Å². The van der Waals surface area contributed by atoms with Crippen LogP contribution in [0.15, 0.2) is 66.7 Å². The van der Waals surface area contributed by atoms with Crippen LogP contribution in [-0.4, -0.2) is 23.2 Å². The van der Waals surface area contributed by atoms with Gasteiger partial charge in [-0.25, -0.2) is 4.79 Å². The van der Waals surface area contributed by atoms with Crippen LogP contribution in [0.1, 0.15) is 28.5 Å². The molecule has 5 heteroatoms. The standard InChI is InChI=1S/C15H13ClO2.C10H11NO/c1-2-10-4-3-5-13(15(17)18)14(10)11-6-8-12(16)9-7-11;1-7-5-8-6-9(12-2)3-4-10(8)11-7/h3-9H,2H2,1H3,(H,17,18);3-6,11H,1-2H3. The highest BCUT2D eigenvalue weighted by atomic mass is 35.5. The molecule has 0 radical (unpaired) electrons. The summed E-state index contributed by atoms with van der Waals surface area (Å²) in [5, 5.41) is 11.1. The molecule has 0 unspecified atom stereocenters. The maximum Gasteiger partial charge on any atom is 0.336 e. The first-order valence-electron chi connectivity index (χ1n) is 9.67. The van der Waals surface area contributed by atoms with Crippen LogP contribution in [0.3, 0.4) is 0 Å². The second-order valence-electron chi connectivity index (χ2n) is 6.91. The first-order chi connectivity index (χ1) is 14.4. The Bertz CT molecular complexity index is 1160. The number of hydrogen-bond acceptors (Lipinski definition) is 2. The summed E-state index contributed by atoms with van der Waals surface area (Å²) in [6, 6.07) is 20.7. The van der Waals surface area contributed by atoms with E-state index in [0.29, 0.717) is 10.6 Å². The number of rotatable bonds is 4. The second kappa shape index (κ2) is 9.51. The first kappa shape index (κ1) is 21.5. The van der Waals surface area contributed by atoms with Gasteiger partial charge in [-0.05, 0) is 72.5 Å². The van der Waals surface area contributed by atoms with Crippen molar-refractivity contribution in [3.8, 4) is 16.9 Å². The third-order valence-electron chi connectivity index (χ3n) is 4.86. The molecule has 4 nitrogen and oxygen atoms in total. The number of methoxy groups -OCH3 is 1. The number of H-pyrrole nitrogens is 1. The van der Waals surface area contributed by atoms with E-state index in [1.807, 2.05) is 50.2 Å². The van der Waals surface area contributed by atoms with E-state index in [9.17, 15) is 9.90 Å². The van der Waals surface area contributed by atoms with E-state index >= 15 is 0 Å². The number of benzene rings is 3. The molecule has 4 aromatic rings. The third-order valence-corrected chi connectivity index (χ3v) is 5.11. The van der Waals surface area contributed by atoms with Crippen LogP contribution in [0, 0.1) is 6.92 Å². The summed E-state index contributed by atoms with van der Waals surface area (Å²) in [7, 11) is 1.68. The maximum absolute atomic E-state index is 11.3. The number of aromatic carboxylic acids is 1. The Kier molecular flexibility index (Phi) is 6.80. The van der Waals surface area contributed by atoms with Gasteiger partial charge in [0.15, 0.2) is 0 Å². The van der Waals surface area contributed by atoms with Gasteiger partial charge in [0, 0.05) is 21.6 Å². The summed E-state index contributed by atoms with van der Waals surface area (Å²) < 4.78 is 5.12. The number of ether oxygens (including phenoxy) is 1. The van der Waals surface area contributed by atoms with Crippen molar-refractivity contribution in [2.24, 2.45) is 0 Å². The van der Waals surface area contributed by atoms with Crippen LogP contribution < -0.4 is 4.74 Å². The highest BCUT2D eigenvalue weighted by molar-refractivity contribution is 6.30. The van der Waals surface area contributed by atoms with E-state index in [4.69, 9.17) is 16.3 Å². The molecule has 2 N–H and O–H groups in total. The molecule has 3 aromatic carbocycles. The number of nitrogens with one attached hydrogen (secondary N) is 1. The summed E-state index contributed by atoms with van der Waals surface area (Å²) in [5.41, 5.74) is 5.36. The van der Waals surface area contributed by atoms with Gasteiger partial charge in [-0.2, -0.15) is 0 Å². The molecule has 0 aliphatic carbocycles. The van der Waals surface area contributed by atoms with Crippen molar-refractivity contribution >= 4 is 28.5 Å². The zero-order valence-electron chi connectivity index (χ0n) is 17.2. The Hall–Kier alpha value is -3.24. The fourth-order valence-electron chi connectivity index (χ4n) is 3.41. The van der Waals surface area contributed by atoms with Gasteiger partial charge in [0.05, 0.1) is 12.7 Å². The molecule has 0 aliphatic rings. The lowest BCUT2D eigenvalue weighted by Crippen LogP contribution is -2.02. The number of carboxylic acids is 1. The lowest BCUT2D eigenvalue weighted by molar-refractivity contribution is 0.0697. The molecule has 0 bridgehead atoms. The summed E-state index contributed by atoms with van der Waals surface area (Å²) in [6.07, 6.45) is 0.791.